The van der Waals surface area contributed by atoms with E-state index in [4.69, 9.17) is 16.7 Å². The molecule has 0 unspecified atom stereocenters. The first-order valence-electron chi connectivity index (χ1n) is 5.86. The zero-order valence-corrected chi connectivity index (χ0v) is 11.6. The third-order valence-electron chi connectivity index (χ3n) is 3.24. The molecule has 3 aromatic rings. The smallest absolute Gasteiger partial charge is 0.269 e. The Kier molecular flexibility index (Phi) is 2.72. The molecule has 0 saturated heterocycles. The van der Waals surface area contributed by atoms with E-state index in [1.54, 1.807) is 26.2 Å². The van der Waals surface area contributed by atoms with Crippen LogP contribution in [0.25, 0.3) is 22.2 Å². The fourth-order valence-electron chi connectivity index (χ4n) is 2.10. The van der Waals surface area contributed by atoms with Crippen molar-refractivity contribution in [1.29, 1.82) is 0 Å². The van der Waals surface area contributed by atoms with Crippen molar-refractivity contribution in [3.05, 3.63) is 39.4 Å². The molecule has 0 radical (unpaired) electrons. The molecule has 0 aliphatic heterocycles. The largest absolute Gasteiger partial charge is 0.494 e. The summed E-state index contributed by atoms with van der Waals surface area (Å²) in [7, 11) is 3.13. The summed E-state index contributed by atoms with van der Waals surface area (Å²) in [6.07, 6.45) is 0. The second-order valence-electron chi connectivity index (χ2n) is 4.43. The first-order valence-corrected chi connectivity index (χ1v) is 6.27. The van der Waals surface area contributed by atoms with Gasteiger partial charge in [-0.25, -0.2) is 0 Å². The van der Waals surface area contributed by atoms with Crippen LogP contribution in [0.3, 0.4) is 0 Å². The van der Waals surface area contributed by atoms with Gasteiger partial charge in [0.05, 0.1) is 5.39 Å². The molecule has 0 amide bonds. The Hall–Kier alpha value is -2.41. The maximum absolute atomic E-state index is 12.3. The lowest BCUT2D eigenvalue weighted by atomic mass is 10.1. The zero-order chi connectivity index (χ0) is 14.4. The van der Waals surface area contributed by atoms with Gasteiger partial charge in [0.25, 0.3) is 5.56 Å². The van der Waals surface area contributed by atoms with E-state index in [1.807, 2.05) is 12.1 Å². The predicted octanol–water partition coefficient (Wildman–Crippen LogP) is 1.97. The van der Waals surface area contributed by atoms with Crippen LogP contribution in [0.15, 0.2) is 33.6 Å². The summed E-state index contributed by atoms with van der Waals surface area (Å²) in [4.78, 5) is 12.3. The monoisotopic (exact) mass is 289 g/mol. The number of aromatic hydroxyl groups is 1. The molecule has 102 valence electrons. The van der Waals surface area contributed by atoms with Crippen LogP contribution < -0.4 is 5.56 Å². The van der Waals surface area contributed by atoms with Crippen LogP contribution in [0.5, 0.6) is 5.88 Å². The minimum atomic E-state index is -0.424. The van der Waals surface area contributed by atoms with E-state index in [0.29, 0.717) is 10.9 Å². The Bertz CT molecular complexity index is 936. The molecule has 6 nitrogen and oxygen atoms in total. The van der Waals surface area contributed by atoms with Crippen molar-refractivity contribution in [3.63, 3.8) is 0 Å². The summed E-state index contributed by atoms with van der Waals surface area (Å²) < 4.78 is 8.09. The van der Waals surface area contributed by atoms with Crippen LogP contribution in [0, 0.1) is 4.77 Å². The van der Waals surface area contributed by atoms with Gasteiger partial charge in [0, 0.05) is 14.1 Å². The quantitative estimate of drug-likeness (QED) is 0.693. The molecular formula is C13H11N3O3S. The molecular weight excluding hydrogens is 278 g/mol. The van der Waals surface area contributed by atoms with E-state index in [-0.39, 0.29) is 22.0 Å². The second kappa shape index (κ2) is 4.31. The SMILES string of the molecule is Cn1c(O)c(-c2onc3ccccc23)c(=O)n(C)c1=S. The fraction of sp³-hybridized carbons (Fsp3) is 0.154. The van der Waals surface area contributed by atoms with Gasteiger partial charge >= 0.3 is 0 Å². The third kappa shape index (κ3) is 1.60. The maximum Gasteiger partial charge on any atom is 0.269 e. The Labute approximate surface area is 118 Å². The minimum absolute atomic E-state index is 0.0531. The summed E-state index contributed by atoms with van der Waals surface area (Å²) in [5.41, 5.74) is 0.249. The molecule has 0 spiro atoms. The first kappa shape index (κ1) is 12.6. The van der Waals surface area contributed by atoms with Gasteiger partial charge in [0.1, 0.15) is 11.1 Å². The molecule has 3 rings (SSSR count). The number of benzene rings is 1. The van der Waals surface area contributed by atoms with E-state index in [2.05, 4.69) is 5.16 Å². The molecule has 0 saturated carbocycles. The Morgan fingerprint density at radius 1 is 1.25 bits per heavy atom. The molecule has 0 aliphatic rings. The number of hydrogen-bond acceptors (Lipinski definition) is 5. The lowest BCUT2D eigenvalue weighted by Crippen LogP contribution is -2.23. The topological polar surface area (TPSA) is 73.2 Å². The summed E-state index contributed by atoms with van der Waals surface area (Å²) >= 11 is 5.07. The highest BCUT2D eigenvalue weighted by molar-refractivity contribution is 7.71. The van der Waals surface area contributed by atoms with Gasteiger partial charge in [-0.1, -0.05) is 17.3 Å². The lowest BCUT2D eigenvalue weighted by molar-refractivity contribution is 0.405. The number of aromatic nitrogens is 3. The first-order chi connectivity index (χ1) is 9.52. The predicted molar refractivity (Wildman–Crippen MR) is 76.2 cm³/mol. The van der Waals surface area contributed by atoms with Gasteiger partial charge in [0.2, 0.25) is 5.88 Å². The highest BCUT2D eigenvalue weighted by Crippen LogP contribution is 2.31. The molecule has 1 N–H and O–H groups in total. The van der Waals surface area contributed by atoms with Crippen molar-refractivity contribution in [2.75, 3.05) is 0 Å². The molecule has 7 heteroatoms. The van der Waals surface area contributed by atoms with E-state index in [1.165, 1.54) is 9.13 Å². The Morgan fingerprint density at radius 2 is 1.95 bits per heavy atom. The molecule has 2 heterocycles. The second-order valence-corrected chi connectivity index (χ2v) is 4.80. The average molecular weight is 289 g/mol. The summed E-state index contributed by atoms with van der Waals surface area (Å²) in [6, 6.07) is 7.18. The Balaban J connectivity index is 2.47. The minimum Gasteiger partial charge on any atom is -0.494 e. The van der Waals surface area contributed by atoms with Gasteiger partial charge in [-0.3, -0.25) is 13.9 Å². The Morgan fingerprint density at radius 3 is 2.70 bits per heavy atom. The van der Waals surface area contributed by atoms with Crippen molar-refractivity contribution >= 4 is 23.1 Å². The van der Waals surface area contributed by atoms with Gasteiger partial charge in [-0.15, -0.1) is 0 Å². The fourth-order valence-corrected chi connectivity index (χ4v) is 2.27. The molecule has 0 bridgehead atoms. The van der Waals surface area contributed by atoms with Crippen LogP contribution in [0.1, 0.15) is 0 Å². The highest BCUT2D eigenvalue weighted by Gasteiger charge is 2.21. The standard InChI is InChI=1S/C13H11N3O3S/c1-15-11(17)9(12(18)16(2)13(15)20)10-7-5-3-4-6-8(7)14-19-10/h3-6,17H,1-2H3. The van der Waals surface area contributed by atoms with Gasteiger partial charge in [-0.2, -0.15) is 0 Å². The van der Waals surface area contributed by atoms with Crippen molar-refractivity contribution in [3.8, 4) is 17.2 Å². The van der Waals surface area contributed by atoms with Gasteiger partial charge in [0.15, 0.2) is 10.5 Å². The van der Waals surface area contributed by atoms with E-state index in [9.17, 15) is 9.90 Å². The summed E-state index contributed by atoms with van der Waals surface area (Å²) in [5.74, 6) is 0.00398. The van der Waals surface area contributed by atoms with Crippen molar-refractivity contribution in [2.45, 2.75) is 0 Å². The molecule has 2 aromatic heterocycles. The molecule has 0 aliphatic carbocycles. The van der Waals surface area contributed by atoms with Crippen LogP contribution in [-0.2, 0) is 14.1 Å². The normalized spacial score (nSPS) is 11.1. The van der Waals surface area contributed by atoms with Gasteiger partial charge in [-0.05, 0) is 24.4 Å². The molecule has 0 fully saturated rings. The highest BCUT2D eigenvalue weighted by atomic mass is 32.1. The van der Waals surface area contributed by atoms with Crippen molar-refractivity contribution in [2.24, 2.45) is 14.1 Å². The van der Waals surface area contributed by atoms with Gasteiger partial charge < -0.3 is 9.63 Å². The van der Waals surface area contributed by atoms with Crippen molar-refractivity contribution in [1.82, 2.24) is 14.3 Å². The molecule has 1 aromatic carbocycles. The lowest BCUT2D eigenvalue weighted by Gasteiger charge is -2.10. The van der Waals surface area contributed by atoms with Crippen molar-refractivity contribution < 1.29 is 9.63 Å². The number of fused-ring (bicyclic) bond motifs is 1. The average Bonchev–Trinajstić information content (AvgIpc) is 2.87. The zero-order valence-electron chi connectivity index (χ0n) is 10.8. The van der Waals surface area contributed by atoms with E-state index in [0.717, 1.165) is 0 Å². The molecule has 0 atom stereocenters. The number of hydrogen-bond donors (Lipinski definition) is 1. The van der Waals surface area contributed by atoms with E-state index >= 15 is 0 Å². The van der Waals surface area contributed by atoms with Crippen LogP contribution in [0.2, 0.25) is 0 Å². The van der Waals surface area contributed by atoms with Crippen LogP contribution in [-0.4, -0.2) is 19.4 Å². The van der Waals surface area contributed by atoms with Crippen LogP contribution >= 0.6 is 12.2 Å². The summed E-state index contributed by atoms with van der Waals surface area (Å²) in [5, 5.41) is 14.8. The van der Waals surface area contributed by atoms with E-state index < -0.39 is 5.56 Å². The number of nitrogens with zero attached hydrogens (tertiary/aromatic N) is 3. The molecule has 20 heavy (non-hydrogen) atoms. The third-order valence-corrected chi connectivity index (χ3v) is 3.79. The van der Waals surface area contributed by atoms with Crippen LogP contribution in [0.4, 0.5) is 0 Å². The number of rotatable bonds is 1. The maximum atomic E-state index is 12.3. The summed E-state index contributed by atoms with van der Waals surface area (Å²) in [6.45, 7) is 0.